The van der Waals surface area contributed by atoms with Gasteiger partial charge in [-0.3, -0.25) is 4.79 Å². The number of carbonyl (C=O) groups is 1. The molecule has 0 spiro atoms. The van der Waals surface area contributed by atoms with Gasteiger partial charge in [-0.2, -0.15) is 0 Å². The molecular formula is C10H14NNaO4. The van der Waals surface area contributed by atoms with Crippen LogP contribution in [-0.4, -0.2) is 29.7 Å². The van der Waals surface area contributed by atoms with Crippen molar-refractivity contribution in [1.82, 2.24) is 0 Å². The number of carboxylic acid groups (broad SMARTS) is 1. The van der Waals surface area contributed by atoms with Gasteiger partial charge in [0.05, 0.1) is 7.11 Å². The van der Waals surface area contributed by atoms with Gasteiger partial charge in [0.15, 0.2) is 0 Å². The number of rotatable bonds is 4. The standard InChI is InChI=1S/C10H13NO3.Na.H2O/c1-14-8-4-2-3-7(5-8)6-9(11)10(12)13;;/h2-5,9H,6,11H2,1H3,(H,12,13);;1H2/q;+1;/p-1/t9-;;/m0../s1. The predicted molar refractivity (Wildman–Crippen MR) is 54.2 cm³/mol. The van der Waals surface area contributed by atoms with Crippen molar-refractivity contribution < 1.29 is 49.7 Å². The molecule has 0 saturated carbocycles. The second kappa shape index (κ2) is 8.55. The first kappa shape index (κ1) is 17.8. The SMILES string of the molecule is COc1cccc(C[C@H](N)C(=O)O)c1.[Na+].[OH-]. The van der Waals surface area contributed by atoms with Crippen LogP contribution < -0.4 is 40.0 Å². The Kier molecular flexibility index (Phi) is 9.51. The minimum Gasteiger partial charge on any atom is -0.870 e. The van der Waals surface area contributed by atoms with E-state index in [0.29, 0.717) is 12.2 Å². The Bertz CT molecular complexity index is 332. The van der Waals surface area contributed by atoms with E-state index >= 15 is 0 Å². The van der Waals surface area contributed by atoms with Crippen molar-refractivity contribution in [2.24, 2.45) is 5.73 Å². The van der Waals surface area contributed by atoms with Crippen LogP contribution in [0.15, 0.2) is 24.3 Å². The zero-order valence-corrected chi connectivity index (χ0v) is 11.4. The van der Waals surface area contributed by atoms with E-state index < -0.39 is 12.0 Å². The van der Waals surface area contributed by atoms with Crippen LogP contribution in [0.25, 0.3) is 0 Å². The van der Waals surface area contributed by atoms with Gasteiger partial charge in [0.25, 0.3) is 0 Å². The van der Waals surface area contributed by atoms with Crippen molar-refractivity contribution in [3.8, 4) is 5.75 Å². The smallest absolute Gasteiger partial charge is 0.870 e. The van der Waals surface area contributed by atoms with Crippen LogP contribution in [0.1, 0.15) is 5.56 Å². The van der Waals surface area contributed by atoms with Crippen LogP contribution in [0.2, 0.25) is 0 Å². The zero-order chi connectivity index (χ0) is 10.6. The summed E-state index contributed by atoms with van der Waals surface area (Å²) in [6.07, 6.45) is 0.312. The van der Waals surface area contributed by atoms with Crippen molar-refractivity contribution in [3.05, 3.63) is 29.8 Å². The van der Waals surface area contributed by atoms with E-state index in [0.717, 1.165) is 5.56 Å². The third-order valence-corrected chi connectivity index (χ3v) is 1.91. The maximum absolute atomic E-state index is 10.5. The minimum absolute atomic E-state index is 0. The molecule has 6 heteroatoms. The normalized spacial score (nSPS) is 10.6. The fourth-order valence-electron chi connectivity index (χ4n) is 1.14. The molecule has 0 amide bonds. The Balaban J connectivity index is 0. The summed E-state index contributed by atoms with van der Waals surface area (Å²) in [6.45, 7) is 0. The number of carboxylic acids is 1. The number of hydrogen-bond acceptors (Lipinski definition) is 4. The van der Waals surface area contributed by atoms with Gasteiger partial charge in [-0.15, -0.1) is 0 Å². The molecule has 0 bridgehead atoms. The maximum Gasteiger partial charge on any atom is 1.00 e. The number of nitrogens with two attached hydrogens (primary N) is 1. The molecule has 5 nitrogen and oxygen atoms in total. The Morgan fingerprint density at radius 1 is 1.56 bits per heavy atom. The third-order valence-electron chi connectivity index (χ3n) is 1.91. The van der Waals surface area contributed by atoms with Crippen LogP contribution in [0.4, 0.5) is 0 Å². The predicted octanol–water partition coefficient (Wildman–Crippen LogP) is -2.52. The topological polar surface area (TPSA) is 103 Å². The average molecular weight is 235 g/mol. The molecule has 0 aromatic heterocycles. The molecule has 1 atom stereocenters. The van der Waals surface area contributed by atoms with Crippen LogP contribution in [0.3, 0.4) is 0 Å². The summed E-state index contributed by atoms with van der Waals surface area (Å²) < 4.78 is 5.01. The molecule has 1 rings (SSSR count). The summed E-state index contributed by atoms with van der Waals surface area (Å²) in [5.41, 5.74) is 6.26. The summed E-state index contributed by atoms with van der Waals surface area (Å²) in [4.78, 5) is 10.5. The molecule has 0 heterocycles. The Morgan fingerprint density at radius 3 is 2.69 bits per heavy atom. The summed E-state index contributed by atoms with van der Waals surface area (Å²) in [5, 5.41) is 8.61. The second-order valence-corrected chi connectivity index (χ2v) is 3.00. The van der Waals surface area contributed by atoms with Gasteiger partial charge in [-0.05, 0) is 24.1 Å². The molecule has 4 N–H and O–H groups in total. The fourth-order valence-corrected chi connectivity index (χ4v) is 1.14. The molecular weight excluding hydrogens is 221 g/mol. The van der Waals surface area contributed by atoms with Crippen LogP contribution in [-0.2, 0) is 11.2 Å². The Morgan fingerprint density at radius 2 is 2.19 bits per heavy atom. The van der Waals surface area contributed by atoms with E-state index in [1.54, 1.807) is 19.2 Å². The monoisotopic (exact) mass is 235 g/mol. The molecule has 0 unspecified atom stereocenters. The van der Waals surface area contributed by atoms with Gasteiger partial charge in [0.2, 0.25) is 0 Å². The first-order valence-corrected chi connectivity index (χ1v) is 4.25. The molecule has 0 aliphatic carbocycles. The van der Waals surface area contributed by atoms with Gasteiger partial charge in [-0.1, -0.05) is 12.1 Å². The van der Waals surface area contributed by atoms with E-state index in [9.17, 15) is 4.79 Å². The molecule has 84 valence electrons. The largest absolute Gasteiger partial charge is 1.00 e. The van der Waals surface area contributed by atoms with Gasteiger partial charge >= 0.3 is 35.5 Å². The molecule has 16 heavy (non-hydrogen) atoms. The van der Waals surface area contributed by atoms with Gasteiger partial charge in [0.1, 0.15) is 11.8 Å². The van der Waals surface area contributed by atoms with Crippen molar-refractivity contribution in [2.75, 3.05) is 7.11 Å². The molecule has 0 aliphatic rings. The van der Waals surface area contributed by atoms with Crippen LogP contribution in [0.5, 0.6) is 5.75 Å². The summed E-state index contributed by atoms with van der Waals surface area (Å²) in [6, 6.07) is 6.36. The summed E-state index contributed by atoms with van der Waals surface area (Å²) >= 11 is 0. The van der Waals surface area contributed by atoms with Crippen molar-refractivity contribution >= 4 is 5.97 Å². The first-order chi connectivity index (χ1) is 6.63. The van der Waals surface area contributed by atoms with E-state index in [-0.39, 0.29) is 35.0 Å². The summed E-state index contributed by atoms with van der Waals surface area (Å²) in [5.74, 6) is -0.284. The quantitative estimate of drug-likeness (QED) is 0.560. The zero-order valence-electron chi connectivity index (χ0n) is 9.38. The van der Waals surface area contributed by atoms with Gasteiger partial charge in [0, 0.05) is 0 Å². The molecule has 1 aromatic rings. The maximum atomic E-state index is 10.5. The molecule has 1 aromatic carbocycles. The van der Waals surface area contributed by atoms with Crippen molar-refractivity contribution in [2.45, 2.75) is 12.5 Å². The Labute approximate surface area is 116 Å². The van der Waals surface area contributed by atoms with E-state index in [1.807, 2.05) is 12.1 Å². The molecule has 0 aliphatic heterocycles. The number of aliphatic carboxylic acids is 1. The number of ether oxygens (including phenoxy) is 1. The van der Waals surface area contributed by atoms with Crippen LogP contribution in [0, 0.1) is 0 Å². The van der Waals surface area contributed by atoms with Gasteiger partial charge < -0.3 is 21.1 Å². The third kappa shape index (κ3) is 5.48. The number of hydrogen-bond donors (Lipinski definition) is 2. The van der Waals surface area contributed by atoms with E-state index in [1.165, 1.54) is 0 Å². The number of methoxy groups -OCH3 is 1. The number of benzene rings is 1. The average Bonchev–Trinajstić information content (AvgIpc) is 2.18. The second-order valence-electron chi connectivity index (χ2n) is 3.00. The fraction of sp³-hybridized carbons (Fsp3) is 0.300. The van der Waals surface area contributed by atoms with Gasteiger partial charge in [-0.25, -0.2) is 0 Å². The molecule has 0 radical (unpaired) electrons. The molecule has 0 saturated heterocycles. The van der Waals surface area contributed by atoms with Crippen molar-refractivity contribution in [3.63, 3.8) is 0 Å². The minimum atomic E-state index is -0.993. The van der Waals surface area contributed by atoms with Crippen LogP contribution >= 0.6 is 0 Å². The first-order valence-electron chi connectivity index (χ1n) is 4.25. The van der Waals surface area contributed by atoms with E-state index in [4.69, 9.17) is 15.6 Å². The summed E-state index contributed by atoms with van der Waals surface area (Å²) in [7, 11) is 1.57. The van der Waals surface area contributed by atoms with Crippen molar-refractivity contribution in [1.29, 1.82) is 0 Å². The Hall–Kier alpha value is -0.590. The molecule has 0 fully saturated rings. The van der Waals surface area contributed by atoms with E-state index in [2.05, 4.69) is 0 Å².